The molecule has 0 aromatic heterocycles. The third-order valence-electron chi connectivity index (χ3n) is 3.50. The van der Waals surface area contributed by atoms with Crippen molar-refractivity contribution in [2.45, 2.75) is 31.7 Å². The number of carbonyl (C=O) groups excluding carboxylic acids is 1. The number of hydrogen-bond acceptors (Lipinski definition) is 4. The van der Waals surface area contributed by atoms with Crippen LogP contribution in [-0.4, -0.2) is 35.7 Å². The van der Waals surface area contributed by atoms with Crippen molar-refractivity contribution >= 4 is 11.9 Å². The molecule has 0 radical (unpaired) electrons. The number of nitrogens with one attached hydrogen (secondary N) is 1. The maximum atomic E-state index is 11.9. The summed E-state index contributed by atoms with van der Waals surface area (Å²) in [7, 11) is 0. The van der Waals surface area contributed by atoms with Gasteiger partial charge >= 0.3 is 5.97 Å². The zero-order chi connectivity index (χ0) is 15.3. The van der Waals surface area contributed by atoms with Crippen molar-refractivity contribution in [3.8, 4) is 11.5 Å². The monoisotopic (exact) mass is 293 g/mol. The molecule has 1 saturated carbocycles. The largest absolute Gasteiger partial charge is 0.490 e. The predicted molar refractivity (Wildman–Crippen MR) is 75.5 cm³/mol. The number of hydrogen-bond donors (Lipinski definition) is 2. The molecule has 1 aromatic rings. The van der Waals surface area contributed by atoms with Crippen LogP contribution >= 0.6 is 0 Å². The number of amides is 1. The summed E-state index contributed by atoms with van der Waals surface area (Å²) in [5.74, 6) is -0.405. The quantitative estimate of drug-likeness (QED) is 0.797. The molecule has 1 aliphatic carbocycles. The van der Waals surface area contributed by atoms with Gasteiger partial charge in [0, 0.05) is 0 Å². The molecule has 0 unspecified atom stereocenters. The topological polar surface area (TPSA) is 84.9 Å². The number of aliphatic carboxylic acids is 1. The Morgan fingerprint density at radius 1 is 1.24 bits per heavy atom. The van der Waals surface area contributed by atoms with E-state index in [0.717, 1.165) is 6.42 Å². The van der Waals surface area contributed by atoms with Crippen molar-refractivity contribution in [1.29, 1.82) is 0 Å². The second kappa shape index (κ2) is 6.47. The van der Waals surface area contributed by atoms with Crippen LogP contribution in [0.1, 0.15) is 26.2 Å². The lowest BCUT2D eigenvalue weighted by Gasteiger charge is -2.38. The molecule has 0 aliphatic heterocycles. The first-order valence-electron chi connectivity index (χ1n) is 6.96. The van der Waals surface area contributed by atoms with Gasteiger partial charge in [0.25, 0.3) is 5.91 Å². The normalized spacial score (nSPS) is 15.7. The van der Waals surface area contributed by atoms with E-state index in [1.807, 2.05) is 13.0 Å². The minimum atomic E-state index is -1.11. The Bertz CT molecular complexity index is 525. The molecule has 0 saturated heterocycles. The maximum Gasteiger partial charge on any atom is 0.329 e. The average molecular weight is 293 g/mol. The number of carbonyl (C=O) groups is 2. The average Bonchev–Trinajstić information content (AvgIpc) is 2.42. The minimum absolute atomic E-state index is 0.237. The molecule has 2 rings (SSSR count). The van der Waals surface area contributed by atoms with Crippen molar-refractivity contribution in [3.05, 3.63) is 24.3 Å². The third-order valence-corrected chi connectivity index (χ3v) is 3.50. The van der Waals surface area contributed by atoms with Crippen LogP contribution < -0.4 is 14.8 Å². The van der Waals surface area contributed by atoms with Gasteiger partial charge in [0.1, 0.15) is 5.54 Å². The molecule has 1 aliphatic rings. The van der Waals surface area contributed by atoms with Crippen LogP contribution in [0.25, 0.3) is 0 Å². The van der Waals surface area contributed by atoms with Gasteiger partial charge in [-0.05, 0) is 38.3 Å². The highest BCUT2D eigenvalue weighted by Gasteiger charge is 2.45. The van der Waals surface area contributed by atoms with Gasteiger partial charge in [-0.15, -0.1) is 0 Å². The van der Waals surface area contributed by atoms with E-state index in [-0.39, 0.29) is 6.61 Å². The first-order chi connectivity index (χ1) is 10.1. The van der Waals surface area contributed by atoms with Crippen molar-refractivity contribution in [3.63, 3.8) is 0 Å². The molecule has 6 nitrogen and oxygen atoms in total. The van der Waals surface area contributed by atoms with E-state index in [1.165, 1.54) is 0 Å². The van der Waals surface area contributed by atoms with Crippen LogP contribution in [0, 0.1) is 0 Å². The van der Waals surface area contributed by atoms with Gasteiger partial charge in [-0.25, -0.2) is 4.79 Å². The van der Waals surface area contributed by atoms with Crippen LogP contribution in [-0.2, 0) is 9.59 Å². The van der Waals surface area contributed by atoms with Crippen LogP contribution in [0.15, 0.2) is 24.3 Å². The molecule has 21 heavy (non-hydrogen) atoms. The number of carboxylic acid groups (broad SMARTS) is 1. The van der Waals surface area contributed by atoms with Crippen molar-refractivity contribution in [2.24, 2.45) is 0 Å². The second-order valence-corrected chi connectivity index (χ2v) is 4.96. The number of carboxylic acids is 1. The molecular weight excluding hydrogens is 274 g/mol. The summed E-state index contributed by atoms with van der Waals surface area (Å²) in [6, 6.07) is 7.04. The SMILES string of the molecule is CCOc1ccccc1OCC(=O)NC1(C(=O)O)CCC1. The Morgan fingerprint density at radius 3 is 2.33 bits per heavy atom. The lowest BCUT2D eigenvalue weighted by atomic mass is 9.77. The standard InChI is InChI=1S/C15H19NO5/c1-2-20-11-6-3-4-7-12(11)21-10-13(17)16-15(14(18)19)8-5-9-15/h3-4,6-7H,2,5,8-10H2,1H3,(H,16,17)(H,18,19). The maximum absolute atomic E-state index is 11.9. The van der Waals surface area contributed by atoms with Gasteiger partial charge in [-0.2, -0.15) is 0 Å². The van der Waals surface area contributed by atoms with Gasteiger partial charge in [0.2, 0.25) is 0 Å². The van der Waals surface area contributed by atoms with Crippen LogP contribution in [0.2, 0.25) is 0 Å². The summed E-state index contributed by atoms with van der Waals surface area (Å²) in [4.78, 5) is 23.0. The molecule has 0 spiro atoms. The molecule has 0 atom stereocenters. The fourth-order valence-electron chi connectivity index (χ4n) is 2.21. The number of ether oxygens (including phenoxy) is 2. The van der Waals surface area contributed by atoms with E-state index in [0.29, 0.717) is 30.9 Å². The molecule has 2 N–H and O–H groups in total. The van der Waals surface area contributed by atoms with E-state index in [2.05, 4.69) is 5.32 Å². The minimum Gasteiger partial charge on any atom is -0.490 e. The Labute approximate surface area is 123 Å². The highest BCUT2D eigenvalue weighted by Crippen LogP contribution is 2.32. The summed E-state index contributed by atoms with van der Waals surface area (Å²) in [6.07, 6.45) is 1.73. The van der Waals surface area contributed by atoms with Crippen molar-refractivity contribution in [1.82, 2.24) is 5.32 Å². The summed E-state index contributed by atoms with van der Waals surface area (Å²) >= 11 is 0. The van der Waals surface area contributed by atoms with Crippen LogP contribution in [0.5, 0.6) is 11.5 Å². The van der Waals surface area contributed by atoms with Gasteiger partial charge < -0.3 is 19.9 Å². The smallest absolute Gasteiger partial charge is 0.329 e. The lowest BCUT2D eigenvalue weighted by Crippen LogP contribution is -2.59. The highest BCUT2D eigenvalue weighted by atomic mass is 16.5. The van der Waals surface area contributed by atoms with Gasteiger partial charge in [-0.1, -0.05) is 12.1 Å². The Balaban J connectivity index is 1.91. The first kappa shape index (κ1) is 15.2. The molecular formula is C15H19NO5. The summed E-state index contributed by atoms with van der Waals surface area (Å²) in [6.45, 7) is 2.12. The van der Waals surface area contributed by atoms with Crippen LogP contribution in [0.3, 0.4) is 0 Å². The zero-order valence-corrected chi connectivity index (χ0v) is 11.9. The molecule has 1 fully saturated rings. The molecule has 1 aromatic carbocycles. The van der Waals surface area contributed by atoms with Gasteiger partial charge in [0.05, 0.1) is 6.61 Å². The predicted octanol–water partition coefficient (Wildman–Crippen LogP) is 1.59. The number of rotatable bonds is 7. The zero-order valence-electron chi connectivity index (χ0n) is 11.9. The van der Waals surface area contributed by atoms with Crippen molar-refractivity contribution in [2.75, 3.05) is 13.2 Å². The molecule has 0 heterocycles. The fraction of sp³-hybridized carbons (Fsp3) is 0.467. The summed E-state index contributed by atoms with van der Waals surface area (Å²) < 4.78 is 10.8. The molecule has 6 heteroatoms. The highest BCUT2D eigenvalue weighted by molar-refractivity contribution is 5.88. The summed E-state index contributed by atoms with van der Waals surface area (Å²) in [5, 5.41) is 11.7. The van der Waals surface area contributed by atoms with E-state index < -0.39 is 17.4 Å². The fourth-order valence-corrected chi connectivity index (χ4v) is 2.21. The van der Waals surface area contributed by atoms with Crippen molar-refractivity contribution < 1.29 is 24.2 Å². The van der Waals surface area contributed by atoms with Gasteiger partial charge in [-0.3, -0.25) is 4.79 Å². The molecule has 1 amide bonds. The van der Waals surface area contributed by atoms with E-state index >= 15 is 0 Å². The van der Waals surface area contributed by atoms with Crippen LogP contribution in [0.4, 0.5) is 0 Å². The molecule has 0 bridgehead atoms. The first-order valence-corrected chi connectivity index (χ1v) is 6.96. The second-order valence-electron chi connectivity index (χ2n) is 4.96. The molecule has 114 valence electrons. The Kier molecular flexibility index (Phi) is 4.67. The van der Waals surface area contributed by atoms with E-state index in [1.54, 1.807) is 18.2 Å². The Morgan fingerprint density at radius 2 is 1.86 bits per heavy atom. The van der Waals surface area contributed by atoms with E-state index in [4.69, 9.17) is 14.6 Å². The van der Waals surface area contributed by atoms with E-state index in [9.17, 15) is 9.59 Å². The Hall–Kier alpha value is -2.24. The third kappa shape index (κ3) is 3.45. The number of benzene rings is 1. The number of para-hydroxylation sites is 2. The lowest BCUT2D eigenvalue weighted by molar-refractivity contribution is -0.152. The van der Waals surface area contributed by atoms with Gasteiger partial charge in [0.15, 0.2) is 18.1 Å². The summed E-state index contributed by atoms with van der Waals surface area (Å²) in [5.41, 5.74) is -1.11.